The highest BCUT2D eigenvalue weighted by molar-refractivity contribution is 5.70. The Bertz CT molecular complexity index is 216. The lowest BCUT2D eigenvalue weighted by atomic mass is 10.1. The molecule has 2 unspecified atom stereocenters. The normalized spacial score (nSPS) is 33.2. The predicted molar refractivity (Wildman–Crippen MR) is 49.9 cm³/mol. The van der Waals surface area contributed by atoms with Crippen LogP contribution >= 0.6 is 0 Å². The third-order valence-electron chi connectivity index (χ3n) is 2.81. The van der Waals surface area contributed by atoms with Gasteiger partial charge in [0, 0.05) is 13.2 Å². The first kappa shape index (κ1) is 9.73. The van der Waals surface area contributed by atoms with Gasteiger partial charge in [0.2, 0.25) is 0 Å². The van der Waals surface area contributed by atoms with E-state index < -0.39 is 0 Å². The van der Waals surface area contributed by atoms with E-state index in [1.807, 2.05) is 0 Å². The monoisotopic (exact) mass is 200 g/mol. The molecule has 5 nitrogen and oxygen atoms in total. The quantitative estimate of drug-likeness (QED) is 0.678. The summed E-state index contributed by atoms with van der Waals surface area (Å²) in [6.45, 7) is 2.30. The van der Waals surface area contributed by atoms with Gasteiger partial charge in [-0.2, -0.15) is 0 Å². The maximum absolute atomic E-state index is 11.4. The molecule has 2 saturated heterocycles. The second-order valence-corrected chi connectivity index (χ2v) is 3.74. The predicted octanol–water partition coefficient (Wildman–Crippen LogP) is -0.0551. The molecule has 1 amide bonds. The first-order valence-corrected chi connectivity index (χ1v) is 5.06. The van der Waals surface area contributed by atoms with E-state index in [9.17, 15) is 4.79 Å². The summed E-state index contributed by atoms with van der Waals surface area (Å²) in [6, 6.07) is 0.196. The Balaban J connectivity index is 2.01. The van der Waals surface area contributed by atoms with Gasteiger partial charge in [-0.3, -0.25) is 4.90 Å². The summed E-state index contributed by atoms with van der Waals surface area (Å²) in [5, 5.41) is 0. The molecule has 0 aromatic carbocycles. The summed E-state index contributed by atoms with van der Waals surface area (Å²) >= 11 is 0. The topological polar surface area (TPSA) is 64.8 Å². The molecule has 2 atom stereocenters. The Morgan fingerprint density at radius 3 is 3.00 bits per heavy atom. The molecular weight excluding hydrogens is 184 g/mol. The van der Waals surface area contributed by atoms with Gasteiger partial charge in [0.1, 0.15) is 6.61 Å². The number of cyclic esters (lactones) is 1. The highest BCUT2D eigenvalue weighted by Gasteiger charge is 2.37. The molecule has 2 rings (SSSR count). The number of hydrogen-bond acceptors (Lipinski definition) is 4. The Morgan fingerprint density at radius 1 is 1.50 bits per heavy atom. The van der Waals surface area contributed by atoms with Crippen molar-refractivity contribution in [2.75, 3.05) is 26.4 Å². The van der Waals surface area contributed by atoms with Crippen molar-refractivity contribution >= 4 is 6.09 Å². The number of carbonyl (C=O) groups excluding carboxylic acids is 1. The molecule has 80 valence electrons. The van der Waals surface area contributed by atoms with Gasteiger partial charge in [-0.05, 0) is 12.8 Å². The summed E-state index contributed by atoms with van der Waals surface area (Å²) in [4.78, 5) is 13.2. The van der Waals surface area contributed by atoms with E-state index in [0.717, 1.165) is 19.4 Å². The second kappa shape index (κ2) is 4.14. The lowest BCUT2D eigenvalue weighted by molar-refractivity contribution is 0.0263. The smallest absolute Gasteiger partial charge is 0.410 e. The lowest BCUT2D eigenvalue weighted by Crippen LogP contribution is -2.48. The van der Waals surface area contributed by atoms with Crippen molar-refractivity contribution in [2.45, 2.75) is 24.9 Å². The zero-order valence-corrected chi connectivity index (χ0v) is 8.15. The van der Waals surface area contributed by atoms with E-state index in [2.05, 4.69) is 0 Å². The van der Waals surface area contributed by atoms with Crippen molar-refractivity contribution in [3.8, 4) is 0 Å². The first-order valence-electron chi connectivity index (χ1n) is 5.06. The van der Waals surface area contributed by atoms with Crippen molar-refractivity contribution in [3.63, 3.8) is 0 Å². The van der Waals surface area contributed by atoms with Crippen molar-refractivity contribution in [1.29, 1.82) is 0 Å². The summed E-state index contributed by atoms with van der Waals surface area (Å²) < 4.78 is 10.3. The van der Waals surface area contributed by atoms with Crippen LogP contribution in [0.25, 0.3) is 0 Å². The standard InChI is InChI=1S/C9H16N2O3/c10-4-8-6-14-9(12)11(8)7-2-1-3-13-5-7/h7-8H,1-6,10H2. The summed E-state index contributed by atoms with van der Waals surface area (Å²) in [5.41, 5.74) is 5.58. The molecule has 2 aliphatic heterocycles. The Morgan fingerprint density at radius 2 is 2.36 bits per heavy atom. The maximum Gasteiger partial charge on any atom is 0.410 e. The number of nitrogens with two attached hydrogens (primary N) is 1. The van der Waals surface area contributed by atoms with Crippen molar-refractivity contribution in [2.24, 2.45) is 5.73 Å². The highest BCUT2D eigenvalue weighted by atomic mass is 16.6. The Hall–Kier alpha value is -0.810. The van der Waals surface area contributed by atoms with Gasteiger partial charge in [-0.15, -0.1) is 0 Å². The number of amides is 1. The van der Waals surface area contributed by atoms with Crippen molar-refractivity contribution < 1.29 is 14.3 Å². The molecule has 0 aromatic heterocycles. The van der Waals surface area contributed by atoms with Crippen LogP contribution in [0.3, 0.4) is 0 Å². The minimum atomic E-state index is -0.240. The zero-order valence-electron chi connectivity index (χ0n) is 8.15. The lowest BCUT2D eigenvalue weighted by Gasteiger charge is -2.32. The third kappa shape index (κ3) is 1.69. The summed E-state index contributed by atoms with van der Waals surface area (Å²) in [6.07, 6.45) is 1.76. The van der Waals surface area contributed by atoms with Crippen LogP contribution in [-0.2, 0) is 9.47 Å². The number of nitrogens with zero attached hydrogens (tertiary/aromatic N) is 1. The van der Waals surface area contributed by atoms with Crippen LogP contribution in [0.5, 0.6) is 0 Å². The molecule has 0 radical (unpaired) electrons. The van der Waals surface area contributed by atoms with Crippen LogP contribution in [0, 0.1) is 0 Å². The maximum atomic E-state index is 11.4. The molecular formula is C9H16N2O3. The zero-order chi connectivity index (χ0) is 9.97. The van der Waals surface area contributed by atoms with Gasteiger partial charge in [0.05, 0.1) is 18.7 Å². The Labute approximate surface area is 83.1 Å². The molecule has 0 aromatic rings. The van der Waals surface area contributed by atoms with E-state index in [4.69, 9.17) is 15.2 Å². The van der Waals surface area contributed by atoms with E-state index >= 15 is 0 Å². The molecule has 0 saturated carbocycles. The summed E-state index contributed by atoms with van der Waals surface area (Å²) in [7, 11) is 0. The number of hydrogen-bond donors (Lipinski definition) is 1. The minimum Gasteiger partial charge on any atom is -0.447 e. The fraction of sp³-hybridized carbons (Fsp3) is 0.889. The molecule has 2 aliphatic rings. The van der Waals surface area contributed by atoms with Crippen molar-refractivity contribution in [3.05, 3.63) is 0 Å². The molecule has 0 spiro atoms. The van der Waals surface area contributed by atoms with Gasteiger partial charge in [0.25, 0.3) is 0 Å². The van der Waals surface area contributed by atoms with E-state index in [1.54, 1.807) is 4.90 Å². The van der Waals surface area contributed by atoms with Gasteiger partial charge in [-0.25, -0.2) is 4.79 Å². The summed E-state index contributed by atoms with van der Waals surface area (Å²) in [5.74, 6) is 0. The first-order chi connectivity index (χ1) is 6.83. The van der Waals surface area contributed by atoms with Crippen molar-refractivity contribution in [1.82, 2.24) is 4.90 Å². The largest absolute Gasteiger partial charge is 0.447 e. The average molecular weight is 200 g/mol. The third-order valence-corrected chi connectivity index (χ3v) is 2.81. The molecule has 0 aliphatic carbocycles. The molecule has 2 fully saturated rings. The second-order valence-electron chi connectivity index (χ2n) is 3.74. The molecule has 2 heterocycles. The van der Waals surface area contributed by atoms with Gasteiger partial charge >= 0.3 is 6.09 Å². The van der Waals surface area contributed by atoms with E-state index in [0.29, 0.717) is 19.8 Å². The molecule has 0 bridgehead atoms. The SMILES string of the molecule is NCC1COC(=O)N1C1CCCOC1. The fourth-order valence-corrected chi connectivity index (χ4v) is 2.04. The molecule has 2 N–H and O–H groups in total. The molecule has 5 heteroatoms. The fourth-order valence-electron chi connectivity index (χ4n) is 2.04. The van der Waals surface area contributed by atoms with Gasteiger partial charge in [0.15, 0.2) is 0 Å². The number of ether oxygens (including phenoxy) is 2. The average Bonchev–Trinajstić information content (AvgIpc) is 2.61. The molecule has 14 heavy (non-hydrogen) atoms. The van der Waals surface area contributed by atoms with Gasteiger partial charge < -0.3 is 15.2 Å². The number of carbonyl (C=O) groups is 1. The van der Waals surface area contributed by atoms with Crippen LogP contribution in [0.2, 0.25) is 0 Å². The highest BCUT2D eigenvalue weighted by Crippen LogP contribution is 2.21. The van der Waals surface area contributed by atoms with Crippen LogP contribution in [0.1, 0.15) is 12.8 Å². The van der Waals surface area contributed by atoms with Crippen LogP contribution in [0.4, 0.5) is 4.79 Å². The minimum absolute atomic E-state index is 0.0363. The van der Waals surface area contributed by atoms with Crippen LogP contribution < -0.4 is 5.73 Å². The van der Waals surface area contributed by atoms with Crippen LogP contribution in [-0.4, -0.2) is 49.4 Å². The number of rotatable bonds is 2. The van der Waals surface area contributed by atoms with Crippen LogP contribution in [0.15, 0.2) is 0 Å². The van der Waals surface area contributed by atoms with Gasteiger partial charge in [-0.1, -0.05) is 0 Å². The Kier molecular flexibility index (Phi) is 2.88. The van der Waals surface area contributed by atoms with E-state index in [-0.39, 0.29) is 18.2 Å². The van der Waals surface area contributed by atoms with E-state index in [1.165, 1.54) is 0 Å².